The summed E-state index contributed by atoms with van der Waals surface area (Å²) in [5.74, 6) is 1.63. The molecule has 3 nitrogen and oxygen atoms in total. The molecule has 1 aromatic rings. The van der Waals surface area contributed by atoms with Crippen LogP contribution in [0.1, 0.15) is 25.7 Å². The molecule has 1 amide bonds. The second-order valence-electron chi connectivity index (χ2n) is 4.81. The Bertz CT molecular complexity index is 411. The fourth-order valence-corrected chi connectivity index (χ4v) is 3.44. The number of amides is 1. The van der Waals surface area contributed by atoms with Gasteiger partial charge < -0.3 is 5.32 Å². The number of hydrogen-bond acceptors (Lipinski definition) is 3. The van der Waals surface area contributed by atoms with E-state index in [-0.39, 0.29) is 11.8 Å². The zero-order chi connectivity index (χ0) is 11.7. The van der Waals surface area contributed by atoms with Gasteiger partial charge >= 0.3 is 0 Å². The van der Waals surface area contributed by atoms with Crippen LogP contribution < -0.4 is 5.32 Å². The number of anilines is 1. The van der Waals surface area contributed by atoms with Crippen molar-refractivity contribution >= 4 is 22.4 Å². The lowest BCUT2D eigenvalue weighted by atomic mass is 10.1. The monoisotopic (exact) mass is 248 g/mol. The predicted octanol–water partition coefficient (Wildman–Crippen LogP) is 3.07. The summed E-state index contributed by atoms with van der Waals surface area (Å²) >= 11 is 1.48. The number of allylic oxidation sites excluding steroid dienone is 2. The Kier molecular flexibility index (Phi) is 2.97. The van der Waals surface area contributed by atoms with Crippen LogP contribution in [-0.2, 0) is 4.79 Å². The largest absolute Gasteiger partial charge is 0.302 e. The smallest absolute Gasteiger partial charge is 0.229 e. The lowest BCUT2D eigenvalue weighted by Gasteiger charge is -1.99. The van der Waals surface area contributed by atoms with Gasteiger partial charge in [0, 0.05) is 17.5 Å². The first-order chi connectivity index (χ1) is 8.36. The lowest BCUT2D eigenvalue weighted by molar-refractivity contribution is -0.117. The van der Waals surface area contributed by atoms with Crippen LogP contribution in [0.25, 0.3) is 0 Å². The summed E-state index contributed by atoms with van der Waals surface area (Å²) < 4.78 is 0. The maximum absolute atomic E-state index is 12.1. The number of carbonyl (C=O) groups is 1. The Morgan fingerprint density at radius 1 is 1.29 bits per heavy atom. The number of fused-ring (bicyclic) bond motifs is 1. The summed E-state index contributed by atoms with van der Waals surface area (Å²) in [5.41, 5.74) is 0. The molecular weight excluding hydrogens is 232 g/mol. The normalized spacial score (nSPS) is 31.2. The Balaban J connectivity index is 1.61. The molecule has 17 heavy (non-hydrogen) atoms. The van der Waals surface area contributed by atoms with Gasteiger partial charge in [-0.25, -0.2) is 4.98 Å². The fourth-order valence-electron chi connectivity index (χ4n) is 2.91. The highest BCUT2D eigenvalue weighted by atomic mass is 32.1. The van der Waals surface area contributed by atoms with Crippen LogP contribution in [0.3, 0.4) is 0 Å². The van der Waals surface area contributed by atoms with Crippen molar-refractivity contribution in [1.82, 2.24) is 4.98 Å². The van der Waals surface area contributed by atoms with Gasteiger partial charge in [-0.15, -0.1) is 11.3 Å². The SMILES string of the molecule is O=C(Nc1nccs1)C1C2CCC=CCCC21. The van der Waals surface area contributed by atoms with E-state index in [2.05, 4.69) is 22.5 Å². The van der Waals surface area contributed by atoms with Crippen molar-refractivity contribution in [3.8, 4) is 0 Å². The lowest BCUT2D eigenvalue weighted by Crippen LogP contribution is -2.15. The van der Waals surface area contributed by atoms with Gasteiger partial charge in [0.05, 0.1) is 0 Å². The van der Waals surface area contributed by atoms with E-state index in [1.165, 1.54) is 11.3 Å². The molecule has 0 radical (unpaired) electrons. The number of thiazole rings is 1. The number of nitrogens with one attached hydrogen (secondary N) is 1. The van der Waals surface area contributed by atoms with Gasteiger partial charge in [0.25, 0.3) is 0 Å². The van der Waals surface area contributed by atoms with E-state index in [9.17, 15) is 4.79 Å². The topological polar surface area (TPSA) is 42.0 Å². The van der Waals surface area contributed by atoms with Crippen LogP contribution >= 0.6 is 11.3 Å². The summed E-state index contributed by atoms with van der Waals surface area (Å²) in [6.45, 7) is 0. The summed E-state index contributed by atoms with van der Waals surface area (Å²) in [6.07, 6.45) is 10.8. The molecule has 1 aromatic heterocycles. The Morgan fingerprint density at radius 3 is 2.59 bits per heavy atom. The molecule has 4 heteroatoms. The Labute approximate surface area is 105 Å². The van der Waals surface area contributed by atoms with Gasteiger partial charge in [-0.1, -0.05) is 12.2 Å². The number of nitrogens with zero attached hydrogens (tertiary/aromatic N) is 1. The van der Waals surface area contributed by atoms with E-state index in [0.29, 0.717) is 11.8 Å². The number of aromatic nitrogens is 1. The van der Waals surface area contributed by atoms with Crippen LogP contribution in [0, 0.1) is 17.8 Å². The molecule has 0 spiro atoms. The highest BCUT2D eigenvalue weighted by molar-refractivity contribution is 7.13. The van der Waals surface area contributed by atoms with Gasteiger partial charge in [-0.2, -0.15) is 0 Å². The molecule has 2 atom stereocenters. The summed E-state index contributed by atoms with van der Waals surface area (Å²) in [5, 5.41) is 5.54. The van der Waals surface area contributed by atoms with E-state index >= 15 is 0 Å². The van der Waals surface area contributed by atoms with Crippen molar-refractivity contribution in [2.45, 2.75) is 25.7 Å². The van der Waals surface area contributed by atoms with Gasteiger partial charge in [0.15, 0.2) is 5.13 Å². The molecular formula is C13H16N2OS. The predicted molar refractivity (Wildman–Crippen MR) is 68.8 cm³/mol. The van der Waals surface area contributed by atoms with Gasteiger partial charge in [0.2, 0.25) is 5.91 Å². The minimum Gasteiger partial charge on any atom is -0.302 e. The van der Waals surface area contributed by atoms with Crippen molar-refractivity contribution < 1.29 is 4.79 Å². The molecule has 0 saturated heterocycles. The first-order valence-corrected chi connectivity index (χ1v) is 7.09. The highest BCUT2D eigenvalue weighted by Crippen LogP contribution is 2.53. The first kappa shape index (κ1) is 11.0. The van der Waals surface area contributed by atoms with E-state index in [0.717, 1.165) is 30.8 Å². The van der Waals surface area contributed by atoms with Crippen molar-refractivity contribution in [1.29, 1.82) is 0 Å². The summed E-state index contributed by atoms with van der Waals surface area (Å²) in [6, 6.07) is 0. The van der Waals surface area contributed by atoms with Crippen molar-refractivity contribution in [3.63, 3.8) is 0 Å². The first-order valence-electron chi connectivity index (χ1n) is 6.21. The average Bonchev–Trinajstić information content (AvgIpc) is 2.72. The molecule has 2 unspecified atom stereocenters. The van der Waals surface area contributed by atoms with Crippen LogP contribution in [-0.4, -0.2) is 10.9 Å². The van der Waals surface area contributed by atoms with Gasteiger partial charge in [-0.05, 0) is 37.5 Å². The zero-order valence-electron chi connectivity index (χ0n) is 9.63. The molecule has 90 valence electrons. The van der Waals surface area contributed by atoms with Gasteiger partial charge in [-0.3, -0.25) is 4.79 Å². The average molecular weight is 248 g/mol. The second-order valence-corrected chi connectivity index (χ2v) is 5.70. The number of rotatable bonds is 2. The van der Waals surface area contributed by atoms with Crippen molar-refractivity contribution in [3.05, 3.63) is 23.7 Å². The molecule has 1 fully saturated rings. The van der Waals surface area contributed by atoms with E-state index < -0.39 is 0 Å². The Hall–Kier alpha value is -1.16. The van der Waals surface area contributed by atoms with Crippen molar-refractivity contribution in [2.24, 2.45) is 17.8 Å². The minimum atomic E-state index is 0.178. The van der Waals surface area contributed by atoms with Crippen LogP contribution in [0.4, 0.5) is 5.13 Å². The van der Waals surface area contributed by atoms with Crippen LogP contribution in [0.15, 0.2) is 23.7 Å². The molecule has 2 aliphatic carbocycles. The highest BCUT2D eigenvalue weighted by Gasteiger charge is 2.53. The molecule has 1 N–H and O–H groups in total. The molecule has 0 aromatic carbocycles. The second kappa shape index (κ2) is 4.61. The van der Waals surface area contributed by atoms with Crippen LogP contribution in [0.5, 0.6) is 0 Å². The molecule has 3 rings (SSSR count). The summed E-state index contributed by atoms with van der Waals surface area (Å²) in [4.78, 5) is 16.2. The zero-order valence-corrected chi connectivity index (χ0v) is 10.5. The fraction of sp³-hybridized carbons (Fsp3) is 0.538. The molecule has 2 aliphatic rings. The van der Waals surface area contributed by atoms with Gasteiger partial charge in [0.1, 0.15) is 0 Å². The maximum atomic E-state index is 12.1. The minimum absolute atomic E-state index is 0.178. The number of hydrogen-bond donors (Lipinski definition) is 1. The Morgan fingerprint density at radius 2 is 2.00 bits per heavy atom. The molecule has 1 heterocycles. The molecule has 1 saturated carbocycles. The third-order valence-electron chi connectivity index (χ3n) is 3.80. The van der Waals surface area contributed by atoms with Crippen molar-refractivity contribution in [2.75, 3.05) is 5.32 Å². The van der Waals surface area contributed by atoms with E-state index in [4.69, 9.17) is 0 Å². The van der Waals surface area contributed by atoms with E-state index in [1.807, 2.05) is 5.38 Å². The molecule has 0 aliphatic heterocycles. The van der Waals surface area contributed by atoms with E-state index in [1.54, 1.807) is 6.20 Å². The molecule has 0 bridgehead atoms. The van der Waals surface area contributed by atoms with Crippen LogP contribution in [0.2, 0.25) is 0 Å². The number of carbonyl (C=O) groups excluding carboxylic acids is 1. The quantitative estimate of drug-likeness (QED) is 0.817. The maximum Gasteiger partial charge on any atom is 0.229 e. The third-order valence-corrected chi connectivity index (χ3v) is 4.49. The standard InChI is InChI=1S/C13H16N2OS/c16-12(15-13-14-7-8-17-13)11-9-5-3-1-2-4-6-10(9)11/h1-2,7-11H,3-6H2,(H,14,15,16). The third kappa shape index (κ3) is 2.27. The summed E-state index contributed by atoms with van der Waals surface area (Å²) in [7, 11) is 0.